The number of aromatic amines is 1. The van der Waals surface area contributed by atoms with Crippen molar-refractivity contribution in [3.05, 3.63) is 62.4 Å². The Morgan fingerprint density at radius 2 is 1.89 bits per heavy atom. The second-order valence-corrected chi connectivity index (χ2v) is 4.38. The summed E-state index contributed by atoms with van der Waals surface area (Å²) in [5.41, 5.74) is 0.799. The normalized spacial score (nSPS) is 10.4. The van der Waals surface area contributed by atoms with Crippen LogP contribution in [0.25, 0.3) is 0 Å². The van der Waals surface area contributed by atoms with E-state index in [1.165, 1.54) is 4.57 Å². The summed E-state index contributed by atoms with van der Waals surface area (Å²) in [6.07, 6.45) is 1.54. The molecule has 100 valence electrons. The lowest BCUT2D eigenvalue weighted by Gasteiger charge is -2.10. The fraction of sp³-hybridized carbons (Fsp3) is 0.286. The summed E-state index contributed by atoms with van der Waals surface area (Å²) in [4.78, 5) is 25.0. The molecule has 0 atom stereocenters. The molecule has 0 saturated heterocycles. The average Bonchev–Trinajstić information content (AvgIpc) is 2.38. The molecule has 1 N–H and O–H groups in total. The van der Waals surface area contributed by atoms with E-state index in [1.807, 2.05) is 31.2 Å². The van der Waals surface area contributed by atoms with Gasteiger partial charge in [-0.1, -0.05) is 18.2 Å². The minimum absolute atomic E-state index is 0.346. The highest BCUT2D eigenvalue weighted by Crippen LogP contribution is 2.15. The highest BCUT2D eigenvalue weighted by atomic mass is 16.5. The van der Waals surface area contributed by atoms with E-state index in [2.05, 4.69) is 4.98 Å². The zero-order valence-corrected chi connectivity index (χ0v) is 11.0. The summed E-state index contributed by atoms with van der Waals surface area (Å²) in [7, 11) is 0. The number of aromatic nitrogens is 2. The van der Waals surface area contributed by atoms with Gasteiger partial charge in [0, 0.05) is 11.8 Å². The molecular formula is C14H16N2O3. The Balaban J connectivity index is 2.04. The van der Waals surface area contributed by atoms with Gasteiger partial charge in [-0.2, -0.15) is 0 Å². The Labute approximate surface area is 110 Å². The van der Waals surface area contributed by atoms with Crippen LogP contribution < -0.4 is 16.0 Å². The van der Waals surface area contributed by atoms with Crippen molar-refractivity contribution >= 4 is 0 Å². The van der Waals surface area contributed by atoms with Gasteiger partial charge in [0.05, 0.1) is 6.54 Å². The Hall–Kier alpha value is -2.30. The number of rotatable bonds is 4. The number of ether oxygens (including phenoxy) is 1. The van der Waals surface area contributed by atoms with Gasteiger partial charge in [-0.05, 0) is 25.5 Å². The molecule has 0 radical (unpaired) electrons. The molecular weight excluding hydrogens is 244 g/mol. The molecule has 5 heteroatoms. The number of H-pyrrole nitrogens is 1. The van der Waals surface area contributed by atoms with Crippen LogP contribution in [0.3, 0.4) is 0 Å². The molecule has 19 heavy (non-hydrogen) atoms. The summed E-state index contributed by atoms with van der Waals surface area (Å²) in [6.45, 7) is 4.39. The lowest BCUT2D eigenvalue weighted by molar-refractivity contribution is 0.293. The number of hydrogen-bond donors (Lipinski definition) is 1. The fourth-order valence-electron chi connectivity index (χ4n) is 1.76. The van der Waals surface area contributed by atoms with Crippen LogP contribution in [0.2, 0.25) is 0 Å². The lowest BCUT2D eigenvalue weighted by atomic mass is 10.2. The van der Waals surface area contributed by atoms with E-state index in [9.17, 15) is 9.59 Å². The molecule has 1 aromatic heterocycles. The molecule has 5 nitrogen and oxygen atoms in total. The van der Waals surface area contributed by atoms with E-state index in [1.54, 1.807) is 13.1 Å². The molecule has 2 rings (SSSR count). The monoisotopic (exact) mass is 260 g/mol. The third-order valence-corrected chi connectivity index (χ3v) is 2.87. The highest BCUT2D eigenvalue weighted by molar-refractivity contribution is 5.31. The van der Waals surface area contributed by atoms with Crippen molar-refractivity contribution in [2.45, 2.75) is 20.4 Å². The van der Waals surface area contributed by atoms with Crippen molar-refractivity contribution in [1.29, 1.82) is 0 Å². The molecule has 0 amide bonds. The number of hydrogen-bond acceptors (Lipinski definition) is 3. The number of nitrogens with one attached hydrogen (secondary N) is 1. The van der Waals surface area contributed by atoms with Crippen molar-refractivity contribution in [2.75, 3.05) is 6.61 Å². The molecule has 1 heterocycles. The Morgan fingerprint density at radius 1 is 1.16 bits per heavy atom. The third-order valence-electron chi connectivity index (χ3n) is 2.87. The van der Waals surface area contributed by atoms with Crippen molar-refractivity contribution < 1.29 is 4.74 Å². The summed E-state index contributed by atoms with van der Waals surface area (Å²) >= 11 is 0. The Kier molecular flexibility index (Phi) is 3.85. The Bertz CT molecular complexity index is 686. The summed E-state index contributed by atoms with van der Waals surface area (Å²) in [5, 5.41) is 0. The first-order chi connectivity index (χ1) is 9.08. The molecule has 2 aromatic rings. The molecule has 0 bridgehead atoms. The maximum atomic E-state index is 11.6. The second-order valence-electron chi connectivity index (χ2n) is 4.38. The van der Waals surface area contributed by atoms with E-state index in [4.69, 9.17) is 4.74 Å². The van der Waals surface area contributed by atoms with Crippen LogP contribution in [0.15, 0.2) is 40.1 Å². The average molecular weight is 260 g/mol. The molecule has 0 spiro atoms. The first kappa shape index (κ1) is 13.1. The van der Waals surface area contributed by atoms with Gasteiger partial charge in [-0.25, -0.2) is 4.79 Å². The van der Waals surface area contributed by atoms with Crippen LogP contribution in [0.4, 0.5) is 0 Å². The molecule has 0 fully saturated rings. The number of para-hydroxylation sites is 1. The van der Waals surface area contributed by atoms with Crippen molar-refractivity contribution in [3.63, 3.8) is 0 Å². The van der Waals surface area contributed by atoms with E-state index < -0.39 is 5.69 Å². The van der Waals surface area contributed by atoms with Gasteiger partial charge in [0.2, 0.25) is 0 Å². The molecule has 0 saturated carbocycles. The SMILES string of the molecule is Cc1ccccc1OCCn1cc(C)c(=O)[nH]c1=O. The summed E-state index contributed by atoms with van der Waals surface area (Å²) < 4.78 is 7.05. The predicted octanol–water partition coefficient (Wildman–Crippen LogP) is 1.23. The van der Waals surface area contributed by atoms with Crippen LogP contribution in [-0.4, -0.2) is 16.2 Å². The van der Waals surface area contributed by atoms with Gasteiger partial charge in [-0.15, -0.1) is 0 Å². The Morgan fingerprint density at radius 3 is 2.63 bits per heavy atom. The van der Waals surface area contributed by atoms with Gasteiger partial charge < -0.3 is 4.74 Å². The van der Waals surface area contributed by atoms with E-state index in [-0.39, 0.29) is 5.56 Å². The molecule has 0 aliphatic rings. The zero-order valence-electron chi connectivity index (χ0n) is 11.0. The highest BCUT2D eigenvalue weighted by Gasteiger charge is 2.02. The van der Waals surface area contributed by atoms with E-state index in [0.717, 1.165) is 11.3 Å². The fourth-order valence-corrected chi connectivity index (χ4v) is 1.76. The largest absolute Gasteiger partial charge is 0.491 e. The third kappa shape index (κ3) is 3.13. The topological polar surface area (TPSA) is 64.1 Å². The maximum Gasteiger partial charge on any atom is 0.328 e. The zero-order chi connectivity index (χ0) is 13.8. The molecule has 1 aromatic carbocycles. The van der Waals surface area contributed by atoms with Gasteiger partial charge in [0.25, 0.3) is 5.56 Å². The van der Waals surface area contributed by atoms with Crippen LogP contribution >= 0.6 is 0 Å². The maximum absolute atomic E-state index is 11.6. The first-order valence-corrected chi connectivity index (χ1v) is 6.07. The molecule has 0 unspecified atom stereocenters. The van der Waals surface area contributed by atoms with Crippen molar-refractivity contribution in [2.24, 2.45) is 0 Å². The standard InChI is InChI=1S/C14H16N2O3/c1-10-5-3-4-6-12(10)19-8-7-16-9-11(2)13(17)15-14(16)18/h3-6,9H,7-8H2,1-2H3,(H,15,17,18). The van der Waals surface area contributed by atoms with E-state index in [0.29, 0.717) is 18.7 Å². The second kappa shape index (κ2) is 5.56. The van der Waals surface area contributed by atoms with Crippen LogP contribution in [-0.2, 0) is 6.54 Å². The quantitative estimate of drug-likeness (QED) is 0.899. The van der Waals surface area contributed by atoms with Gasteiger partial charge >= 0.3 is 5.69 Å². The predicted molar refractivity (Wildman–Crippen MR) is 72.7 cm³/mol. The van der Waals surface area contributed by atoms with Crippen LogP contribution in [0, 0.1) is 13.8 Å². The lowest BCUT2D eigenvalue weighted by Crippen LogP contribution is -2.32. The summed E-state index contributed by atoms with van der Waals surface area (Å²) in [6, 6.07) is 7.69. The molecule has 0 aliphatic carbocycles. The minimum Gasteiger partial charge on any atom is -0.491 e. The minimum atomic E-state index is -0.413. The first-order valence-electron chi connectivity index (χ1n) is 6.07. The van der Waals surface area contributed by atoms with Gasteiger partial charge in [0.15, 0.2) is 0 Å². The molecule has 0 aliphatic heterocycles. The van der Waals surface area contributed by atoms with Crippen molar-refractivity contribution in [1.82, 2.24) is 9.55 Å². The number of benzene rings is 1. The summed E-state index contributed by atoms with van der Waals surface area (Å²) in [5.74, 6) is 0.802. The van der Waals surface area contributed by atoms with Gasteiger partial charge in [0.1, 0.15) is 12.4 Å². The van der Waals surface area contributed by atoms with Gasteiger partial charge in [-0.3, -0.25) is 14.3 Å². The smallest absolute Gasteiger partial charge is 0.328 e. The number of aryl methyl sites for hydroxylation is 2. The van der Waals surface area contributed by atoms with Crippen LogP contribution in [0.1, 0.15) is 11.1 Å². The number of nitrogens with zero attached hydrogens (tertiary/aromatic N) is 1. The van der Waals surface area contributed by atoms with E-state index >= 15 is 0 Å². The van der Waals surface area contributed by atoms with Crippen molar-refractivity contribution in [3.8, 4) is 5.75 Å². The van der Waals surface area contributed by atoms with Crippen LogP contribution in [0.5, 0.6) is 5.75 Å².